The summed E-state index contributed by atoms with van der Waals surface area (Å²) in [5, 5.41) is 28.2. The molecule has 2 N–H and O–H groups in total. The number of phenols is 1. The Kier molecular flexibility index (Phi) is 5.84. The molecule has 2 rings (SSSR count). The second kappa shape index (κ2) is 7.56. The van der Waals surface area contributed by atoms with Crippen LogP contribution in [0.5, 0.6) is 5.75 Å². The summed E-state index contributed by atoms with van der Waals surface area (Å²) in [5.74, 6) is -3.54. The van der Waals surface area contributed by atoms with Crippen molar-refractivity contribution in [2.75, 3.05) is 6.61 Å². The normalized spacial score (nSPS) is 13.9. The van der Waals surface area contributed by atoms with Gasteiger partial charge in [0.25, 0.3) is 0 Å². The molecular formula is C19H17ClF3NO2. The van der Waals surface area contributed by atoms with E-state index in [-0.39, 0.29) is 21.9 Å². The number of alkyl halides is 3. The molecule has 2 atom stereocenters. The first-order valence-electron chi connectivity index (χ1n) is 7.77. The Morgan fingerprint density at radius 1 is 1.15 bits per heavy atom. The molecule has 138 valence electrons. The molecular weight excluding hydrogens is 367 g/mol. The molecule has 0 bridgehead atoms. The maximum Gasteiger partial charge on any atom is 0.396 e. The molecule has 7 heteroatoms. The number of aliphatic hydroxyl groups is 1. The second-order valence-electron chi connectivity index (χ2n) is 6.16. The monoisotopic (exact) mass is 383 g/mol. The van der Waals surface area contributed by atoms with Crippen LogP contribution in [0.25, 0.3) is 0 Å². The molecule has 26 heavy (non-hydrogen) atoms. The van der Waals surface area contributed by atoms with Crippen molar-refractivity contribution in [1.82, 2.24) is 0 Å². The molecule has 3 nitrogen and oxygen atoms in total. The third kappa shape index (κ3) is 3.95. The molecule has 2 aromatic carbocycles. The maximum atomic E-state index is 13.9. The fourth-order valence-electron chi connectivity index (χ4n) is 3.20. The van der Waals surface area contributed by atoms with Gasteiger partial charge in [-0.25, -0.2) is 0 Å². The molecule has 0 spiro atoms. The molecule has 0 amide bonds. The van der Waals surface area contributed by atoms with Gasteiger partial charge in [0.2, 0.25) is 0 Å². The van der Waals surface area contributed by atoms with Crippen LogP contribution >= 0.6 is 11.6 Å². The van der Waals surface area contributed by atoms with Gasteiger partial charge in [-0.2, -0.15) is 18.4 Å². The molecule has 0 aliphatic heterocycles. The predicted molar refractivity (Wildman–Crippen MR) is 92.4 cm³/mol. The van der Waals surface area contributed by atoms with Gasteiger partial charge in [0.05, 0.1) is 24.2 Å². The smallest absolute Gasteiger partial charge is 0.396 e. The van der Waals surface area contributed by atoms with Crippen LogP contribution in [-0.2, 0) is 0 Å². The first-order valence-corrected chi connectivity index (χ1v) is 8.15. The first kappa shape index (κ1) is 20.1. The Bertz CT molecular complexity index is 836. The summed E-state index contributed by atoms with van der Waals surface area (Å²) in [6.07, 6.45) is -4.65. The number of benzene rings is 2. The van der Waals surface area contributed by atoms with Gasteiger partial charge in [-0.1, -0.05) is 29.8 Å². The number of aromatic hydroxyl groups is 1. The van der Waals surface area contributed by atoms with Crippen molar-refractivity contribution < 1.29 is 23.4 Å². The highest BCUT2D eigenvalue weighted by atomic mass is 35.5. The van der Waals surface area contributed by atoms with Crippen molar-refractivity contribution in [3.05, 3.63) is 63.2 Å². The maximum absolute atomic E-state index is 13.9. The number of aryl methyl sites for hydroxylation is 2. The van der Waals surface area contributed by atoms with Gasteiger partial charge in [0, 0.05) is 10.9 Å². The van der Waals surface area contributed by atoms with Crippen molar-refractivity contribution in [2.45, 2.75) is 31.9 Å². The average Bonchev–Trinajstić information content (AvgIpc) is 2.51. The Balaban J connectivity index is 2.66. The Morgan fingerprint density at radius 3 is 2.15 bits per heavy atom. The summed E-state index contributed by atoms with van der Waals surface area (Å²) in [6, 6.07) is 8.27. The lowest BCUT2D eigenvalue weighted by molar-refractivity contribution is -0.158. The molecule has 2 unspecified atom stereocenters. The van der Waals surface area contributed by atoms with Crippen molar-refractivity contribution in [3.8, 4) is 11.8 Å². The molecule has 2 aromatic rings. The standard InChI is InChI=1S/C19H17ClF3NO2/c1-10-5-12(6-11(2)15(10)8-24)18(19(21,22)23)16(9-25)14-4-3-13(26)7-17(14)20/h3-7,16,18,25-26H,9H2,1-2H3. The summed E-state index contributed by atoms with van der Waals surface area (Å²) in [4.78, 5) is 0. The van der Waals surface area contributed by atoms with E-state index in [0.29, 0.717) is 16.7 Å². The highest BCUT2D eigenvalue weighted by Crippen LogP contribution is 2.47. The summed E-state index contributed by atoms with van der Waals surface area (Å²) < 4.78 is 41.8. The average molecular weight is 384 g/mol. The minimum Gasteiger partial charge on any atom is -0.508 e. The summed E-state index contributed by atoms with van der Waals surface area (Å²) in [6.45, 7) is 2.36. The topological polar surface area (TPSA) is 64.2 Å². The van der Waals surface area contributed by atoms with Gasteiger partial charge in [0.15, 0.2) is 0 Å². The number of nitriles is 1. The van der Waals surface area contributed by atoms with Gasteiger partial charge >= 0.3 is 6.18 Å². The van der Waals surface area contributed by atoms with Crippen LogP contribution in [-0.4, -0.2) is 23.0 Å². The van der Waals surface area contributed by atoms with E-state index in [9.17, 15) is 23.4 Å². The van der Waals surface area contributed by atoms with Crippen LogP contribution in [0.15, 0.2) is 30.3 Å². The molecule has 0 heterocycles. The number of rotatable bonds is 4. The van der Waals surface area contributed by atoms with E-state index in [0.717, 1.165) is 6.07 Å². The number of aliphatic hydroxyl groups excluding tert-OH is 1. The van der Waals surface area contributed by atoms with Gasteiger partial charge in [-0.15, -0.1) is 0 Å². The van der Waals surface area contributed by atoms with Crippen LogP contribution in [0.1, 0.15) is 39.7 Å². The number of nitrogens with zero attached hydrogens (tertiary/aromatic N) is 1. The van der Waals surface area contributed by atoms with Crippen molar-refractivity contribution >= 4 is 11.6 Å². The number of halogens is 4. The first-order chi connectivity index (χ1) is 12.1. The zero-order chi connectivity index (χ0) is 19.6. The van der Waals surface area contributed by atoms with Gasteiger partial charge < -0.3 is 10.2 Å². The van der Waals surface area contributed by atoms with Crippen LogP contribution in [0.3, 0.4) is 0 Å². The highest BCUT2D eigenvalue weighted by molar-refractivity contribution is 6.31. The van der Waals surface area contributed by atoms with Crippen molar-refractivity contribution in [2.24, 2.45) is 0 Å². The third-order valence-electron chi connectivity index (χ3n) is 4.36. The molecule has 0 radical (unpaired) electrons. The minimum atomic E-state index is -4.65. The van der Waals surface area contributed by atoms with Gasteiger partial charge in [0.1, 0.15) is 5.75 Å². The van der Waals surface area contributed by atoms with E-state index in [1.54, 1.807) is 13.8 Å². The van der Waals surface area contributed by atoms with E-state index >= 15 is 0 Å². The largest absolute Gasteiger partial charge is 0.508 e. The molecule has 0 aliphatic rings. The van der Waals surface area contributed by atoms with Crippen LogP contribution in [0, 0.1) is 25.2 Å². The van der Waals surface area contributed by atoms with E-state index in [1.165, 1.54) is 24.3 Å². The quantitative estimate of drug-likeness (QED) is 0.784. The number of hydrogen-bond acceptors (Lipinski definition) is 3. The predicted octanol–water partition coefficient (Wildman–Crippen LogP) is 4.96. The molecule has 0 aromatic heterocycles. The number of phenolic OH excluding ortho intramolecular Hbond substituents is 1. The fourth-order valence-corrected chi connectivity index (χ4v) is 3.52. The zero-order valence-corrected chi connectivity index (χ0v) is 14.9. The minimum absolute atomic E-state index is 0.0466. The SMILES string of the molecule is Cc1cc(C(C(CO)c2ccc(O)cc2Cl)C(F)(F)F)cc(C)c1C#N. The van der Waals surface area contributed by atoms with Crippen molar-refractivity contribution in [3.63, 3.8) is 0 Å². The van der Waals surface area contributed by atoms with Crippen LogP contribution in [0.4, 0.5) is 13.2 Å². The molecule has 0 saturated heterocycles. The Labute approximate surface area is 154 Å². The molecule has 0 aliphatic carbocycles. The third-order valence-corrected chi connectivity index (χ3v) is 4.69. The summed E-state index contributed by atoms with van der Waals surface area (Å²) in [7, 11) is 0. The lowest BCUT2D eigenvalue weighted by atomic mass is 9.79. The van der Waals surface area contributed by atoms with E-state index in [2.05, 4.69) is 0 Å². The number of hydrogen-bond donors (Lipinski definition) is 2. The Hall–Kier alpha value is -2.23. The van der Waals surface area contributed by atoms with E-state index < -0.39 is 24.6 Å². The lowest BCUT2D eigenvalue weighted by Gasteiger charge is -2.30. The summed E-state index contributed by atoms with van der Waals surface area (Å²) >= 11 is 6.01. The van der Waals surface area contributed by atoms with E-state index in [1.807, 2.05) is 6.07 Å². The Morgan fingerprint density at radius 2 is 1.73 bits per heavy atom. The van der Waals surface area contributed by atoms with Crippen LogP contribution < -0.4 is 0 Å². The molecule has 0 saturated carbocycles. The fraction of sp³-hybridized carbons (Fsp3) is 0.316. The highest BCUT2D eigenvalue weighted by Gasteiger charge is 2.46. The second-order valence-corrected chi connectivity index (χ2v) is 6.56. The van der Waals surface area contributed by atoms with Gasteiger partial charge in [-0.3, -0.25) is 0 Å². The zero-order valence-electron chi connectivity index (χ0n) is 14.1. The summed E-state index contributed by atoms with van der Waals surface area (Å²) in [5.41, 5.74) is 1.25. The van der Waals surface area contributed by atoms with Gasteiger partial charge in [-0.05, 0) is 48.2 Å². The lowest BCUT2D eigenvalue weighted by Crippen LogP contribution is -2.29. The van der Waals surface area contributed by atoms with Crippen LogP contribution in [0.2, 0.25) is 5.02 Å². The molecule has 0 fully saturated rings. The van der Waals surface area contributed by atoms with E-state index in [4.69, 9.17) is 16.9 Å². The van der Waals surface area contributed by atoms with Crippen molar-refractivity contribution in [1.29, 1.82) is 5.26 Å².